The molecule has 2 aliphatic rings. The quantitative estimate of drug-likeness (QED) is 0.860. The Morgan fingerprint density at radius 1 is 1.31 bits per heavy atom. The van der Waals surface area contributed by atoms with Crippen LogP contribution in [0.4, 0.5) is 0 Å². The van der Waals surface area contributed by atoms with E-state index in [2.05, 4.69) is 5.16 Å². The smallest absolute Gasteiger partial charge is 0.309 e. The second kappa shape index (κ2) is 6.74. The number of aromatic nitrogens is 1. The van der Waals surface area contributed by atoms with Gasteiger partial charge in [0, 0.05) is 38.5 Å². The van der Waals surface area contributed by atoms with Gasteiger partial charge in [-0.1, -0.05) is 5.16 Å². The van der Waals surface area contributed by atoms with Gasteiger partial charge in [0.1, 0.15) is 5.76 Å². The lowest BCUT2D eigenvalue weighted by atomic mass is 9.77. The molecule has 1 aromatic heterocycles. The highest BCUT2D eigenvalue weighted by molar-refractivity contribution is 5.88. The highest BCUT2D eigenvalue weighted by Gasteiger charge is 2.55. The van der Waals surface area contributed by atoms with Gasteiger partial charge in [-0.05, 0) is 33.1 Å². The average Bonchev–Trinajstić information content (AvgIpc) is 3.05. The van der Waals surface area contributed by atoms with Crippen LogP contribution < -0.4 is 0 Å². The number of aliphatic carboxylic acids is 1. The monoisotopic (exact) mass is 363 g/mol. The number of amides is 2. The van der Waals surface area contributed by atoms with Gasteiger partial charge in [0.25, 0.3) is 0 Å². The predicted octanol–water partition coefficient (Wildman–Crippen LogP) is 1.15. The van der Waals surface area contributed by atoms with Crippen molar-refractivity contribution < 1.29 is 24.0 Å². The summed E-state index contributed by atoms with van der Waals surface area (Å²) in [7, 11) is 1.68. The third-order valence-electron chi connectivity index (χ3n) is 6.12. The van der Waals surface area contributed by atoms with Crippen molar-refractivity contribution in [3.8, 4) is 0 Å². The largest absolute Gasteiger partial charge is 0.481 e. The number of aryl methyl sites for hydroxylation is 2. The number of nitrogens with zero attached hydrogens (tertiary/aromatic N) is 3. The van der Waals surface area contributed by atoms with Gasteiger partial charge in [0.05, 0.1) is 17.2 Å². The lowest BCUT2D eigenvalue weighted by Gasteiger charge is -2.45. The van der Waals surface area contributed by atoms with E-state index in [9.17, 15) is 19.5 Å². The predicted molar refractivity (Wildman–Crippen MR) is 91.4 cm³/mol. The van der Waals surface area contributed by atoms with E-state index in [-0.39, 0.29) is 18.2 Å². The van der Waals surface area contributed by atoms with Crippen molar-refractivity contribution >= 4 is 17.8 Å². The van der Waals surface area contributed by atoms with Crippen molar-refractivity contribution in [1.29, 1.82) is 0 Å². The van der Waals surface area contributed by atoms with E-state index in [0.29, 0.717) is 38.8 Å². The van der Waals surface area contributed by atoms with Gasteiger partial charge in [-0.2, -0.15) is 0 Å². The molecule has 2 fully saturated rings. The summed E-state index contributed by atoms with van der Waals surface area (Å²) in [6.07, 6.45) is 2.00. The van der Waals surface area contributed by atoms with E-state index >= 15 is 0 Å². The zero-order chi connectivity index (χ0) is 19.1. The molecule has 0 bridgehead atoms. The molecule has 2 aliphatic heterocycles. The van der Waals surface area contributed by atoms with Crippen LogP contribution in [0.3, 0.4) is 0 Å². The lowest BCUT2D eigenvalue weighted by Crippen LogP contribution is -2.57. The fraction of sp³-hybridized carbons (Fsp3) is 0.667. The lowest BCUT2D eigenvalue weighted by molar-refractivity contribution is -0.147. The molecule has 1 N–H and O–H groups in total. The number of piperidine rings is 1. The van der Waals surface area contributed by atoms with E-state index < -0.39 is 17.4 Å². The Bertz CT molecular complexity index is 714. The maximum absolute atomic E-state index is 12.6. The maximum atomic E-state index is 12.6. The summed E-state index contributed by atoms with van der Waals surface area (Å²) in [5.41, 5.74) is 1.11. The standard InChI is InChI=1S/C18H25N3O5/c1-11-13(12(2)26-19-11)4-5-15(22)21-8-6-18(7-9-21)14(17(24)25)10-16(23)20(18)3/h14H,4-10H2,1-3H3,(H,24,25). The van der Waals surface area contributed by atoms with E-state index in [0.717, 1.165) is 17.0 Å². The summed E-state index contributed by atoms with van der Waals surface area (Å²) in [5.74, 6) is -0.974. The van der Waals surface area contributed by atoms with Gasteiger partial charge >= 0.3 is 5.97 Å². The average molecular weight is 363 g/mol. The first-order chi connectivity index (χ1) is 12.3. The van der Waals surface area contributed by atoms with Crippen LogP contribution in [0, 0.1) is 19.8 Å². The van der Waals surface area contributed by atoms with E-state index in [1.165, 1.54) is 0 Å². The second-order valence-electron chi connectivity index (χ2n) is 7.33. The topological polar surface area (TPSA) is 104 Å². The van der Waals surface area contributed by atoms with Crippen molar-refractivity contribution in [3.63, 3.8) is 0 Å². The third kappa shape index (κ3) is 2.97. The summed E-state index contributed by atoms with van der Waals surface area (Å²) in [6.45, 7) is 4.65. The molecule has 142 valence electrons. The Kier molecular flexibility index (Phi) is 4.77. The van der Waals surface area contributed by atoms with Crippen LogP contribution in [0.2, 0.25) is 0 Å². The molecular weight excluding hydrogens is 338 g/mol. The molecule has 2 amide bonds. The molecule has 0 radical (unpaired) electrons. The number of likely N-dealkylation sites (tertiary alicyclic amines) is 2. The van der Waals surface area contributed by atoms with Crippen molar-refractivity contribution in [2.24, 2.45) is 5.92 Å². The SMILES string of the molecule is Cc1noc(C)c1CCC(=O)N1CCC2(CC1)C(C(=O)O)CC(=O)N2C. The Labute approximate surface area is 152 Å². The number of carbonyl (C=O) groups excluding carboxylic acids is 2. The molecule has 2 saturated heterocycles. The maximum Gasteiger partial charge on any atom is 0.309 e. The van der Waals surface area contributed by atoms with E-state index in [1.807, 2.05) is 13.8 Å². The molecule has 1 atom stereocenters. The number of hydrogen-bond acceptors (Lipinski definition) is 5. The van der Waals surface area contributed by atoms with Crippen molar-refractivity contribution in [2.45, 2.75) is 51.5 Å². The molecule has 3 heterocycles. The number of hydrogen-bond donors (Lipinski definition) is 1. The Hall–Kier alpha value is -2.38. The first kappa shape index (κ1) is 18.4. The van der Waals surface area contributed by atoms with Crippen LogP contribution >= 0.6 is 0 Å². The van der Waals surface area contributed by atoms with Crippen LogP contribution in [0.15, 0.2) is 4.52 Å². The van der Waals surface area contributed by atoms with Gasteiger partial charge in [0.2, 0.25) is 11.8 Å². The molecule has 0 aromatic carbocycles. The number of carbonyl (C=O) groups is 3. The zero-order valence-corrected chi connectivity index (χ0v) is 15.4. The van der Waals surface area contributed by atoms with Gasteiger partial charge in [-0.25, -0.2) is 0 Å². The highest BCUT2D eigenvalue weighted by Crippen LogP contribution is 2.42. The molecule has 0 aliphatic carbocycles. The fourth-order valence-electron chi connectivity index (χ4n) is 4.38. The third-order valence-corrected chi connectivity index (χ3v) is 6.12. The second-order valence-corrected chi connectivity index (χ2v) is 7.33. The van der Waals surface area contributed by atoms with E-state index in [1.54, 1.807) is 16.8 Å². The fourth-order valence-corrected chi connectivity index (χ4v) is 4.38. The number of rotatable bonds is 4. The Morgan fingerprint density at radius 3 is 2.50 bits per heavy atom. The Balaban J connectivity index is 1.62. The van der Waals surface area contributed by atoms with Crippen molar-refractivity contribution in [2.75, 3.05) is 20.1 Å². The molecule has 26 heavy (non-hydrogen) atoms. The first-order valence-corrected chi connectivity index (χ1v) is 8.95. The first-order valence-electron chi connectivity index (χ1n) is 8.95. The van der Waals surface area contributed by atoms with Crippen molar-refractivity contribution in [1.82, 2.24) is 15.0 Å². The summed E-state index contributed by atoms with van der Waals surface area (Å²) in [5, 5.41) is 13.4. The summed E-state index contributed by atoms with van der Waals surface area (Å²) < 4.78 is 5.12. The van der Waals surface area contributed by atoms with Crippen LogP contribution in [0.1, 0.15) is 42.7 Å². The summed E-state index contributed by atoms with van der Waals surface area (Å²) in [6, 6.07) is 0. The van der Waals surface area contributed by atoms with Gasteiger partial charge in [-0.15, -0.1) is 0 Å². The minimum Gasteiger partial charge on any atom is -0.481 e. The normalized spacial score (nSPS) is 22.3. The van der Waals surface area contributed by atoms with Crippen LogP contribution in [-0.2, 0) is 20.8 Å². The number of carboxylic acid groups (broad SMARTS) is 1. The molecule has 1 unspecified atom stereocenters. The highest BCUT2D eigenvalue weighted by atomic mass is 16.5. The molecule has 3 rings (SSSR count). The Morgan fingerprint density at radius 2 is 1.96 bits per heavy atom. The van der Waals surface area contributed by atoms with Crippen LogP contribution in [0.5, 0.6) is 0 Å². The van der Waals surface area contributed by atoms with Gasteiger partial charge in [-0.3, -0.25) is 14.4 Å². The molecule has 0 saturated carbocycles. The molecule has 1 aromatic rings. The number of carboxylic acids is 1. The van der Waals surface area contributed by atoms with Crippen molar-refractivity contribution in [3.05, 3.63) is 17.0 Å². The van der Waals surface area contributed by atoms with Crippen LogP contribution in [0.25, 0.3) is 0 Å². The zero-order valence-electron chi connectivity index (χ0n) is 15.4. The summed E-state index contributed by atoms with van der Waals surface area (Å²) >= 11 is 0. The van der Waals surface area contributed by atoms with Gasteiger partial charge < -0.3 is 19.4 Å². The van der Waals surface area contributed by atoms with E-state index in [4.69, 9.17) is 4.52 Å². The minimum atomic E-state index is -0.930. The molecular formula is C18H25N3O5. The molecule has 1 spiro atoms. The van der Waals surface area contributed by atoms with Gasteiger partial charge in [0.15, 0.2) is 0 Å². The molecule has 8 nitrogen and oxygen atoms in total. The minimum absolute atomic E-state index is 0.0405. The van der Waals surface area contributed by atoms with Crippen LogP contribution in [-0.4, -0.2) is 63.5 Å². The molecule has 8 heteroatoms. The summed E-state index contributed by atoms with van der Waals surface area (Å²) in [4.78, 5) is 39.6.